The number of nitrogens with zero attached hydrogens (tertiary/aromatic N) is 3. The van der Waals surface area contributed by atoms with Crippen molar-refractivity contribution in [3.63, 3.8) is 0 Å². The van der Waals surface area contributed by atoms with E-state index < -0.39 is 0 Å². The molecule has 0 saturated carbocycles. The van der Waals surface area contributed by atoms with Crippen LogP contribution in [0.15, 0.2) is 164 Å². The minimum atomic E-state index is 0.832. The van der Waals surface area contributed by atoms with E-state index in [0.29, 0.717) is 0 Å². The molecule has 1 aromatic heterocycles. The van der Waals surface area contributed by atoms with Crippen LogP contribution in [0.2, 0.25) is 0 Å². The Morgan fingerprint density at radius 2 is 0.788 bits per heavy atom. The molecule has 0 aliphatic rings. The molecule has 1 heterocycles. The van der Waals surface area contributed by atoms with E-state index in [-0.39, 0.29) is 0 Å². The molecule has 0 N–H and O–H groups in total. The van der Waals surface area contributed by atoms with E-state index in [1.54, 1.807) is 7.11 Å². The summed E-state index contributed by atoms with van der Waals surface area (Å²) in [4.78, 5) is 4.71. The number of para-hydroxylation sites is 1. The number of benzene rings is 8. The first-order valence-electron chi connectivity index (χ1n) is 17.8. The predicted octanol–water partition coefficient (Wildman–Crippen LogP) is 13.2. The lowest BCUT2D eigenvalue weighted by Gasteiger charge is -2.26. The third kappa shape index (κ3) is 5.41. The molecule has 9 rings (SSSR count). The summed E-state index contributed by atoms with van der Waals surface area (Å²) in [5.41, 5.74) is 13.8. The van der Waals surface area contributed by atoms with Crippen molar-refractivity contribution in [2.24, 2.45) is 0 Å². The number of rotatable bonds is 8. The van der Waals surface area contributed by atoms with Gasteiger partial charge in [-0.2, -0.15) is 0 Å². The standard InChI is InChI=1S/C48H39N3O/c1-32-10-18-38(19-11-32)49(39-20-12-33(2)13-21-39)42-28-35-16-17-36-29-43(31-46-48(36)47(35)45(30-42)51(46)37-8-6-5-7-9-37)50(40-22-14-34(3)15-23-40)41-24-26-44(52-4)27-25-41/h5-31H,1-4H3. The lowest BCUT2D eigenvalue weighted by atomic mass is 10.00. The van der Waals surface area contributed by atoms with Gasteiger partial charge in [-0.05, 0) is 129 Å². The molecule has 0 amide bonds. The summed E-state index contributed by atoms with van der Waals surface area (Å²) in [5.74, 6) is 0.832. The monoisotopic (exact) mass is 673 g/mol. The fourth-order valence-electron chi connectivity index (χ4n) is 7.56. The van der Waals surface area contributed by atoms with E-state index >= 15 is 0 Å². The number of hydrogen-bond acceptors (Lipinski definition) is 3. The lowest BCUT2D eigenvalue weighted by molar-refractivity contribution is 0.415. The molecule has 252 valence electrons. The highest BCUT2D eigenvalue weighted by atomic mass is 16.5. The molecule has 0 spiro atoms. The smallest absolute Gasteiger partial charge is 0.119 e. The Kier molecular flexibility index (Phi) is 7.66. The van der Waals surface area contributed by atoms with Gasteiger partial charge in [-0.25, -0.2) is 0 Å². The number of methoxy groups -OCH3 is 1. The molecule has 4 heteroatoms. The van der Waals surface area contributed by atoms with Crippen LogP contribution in [-0.2, 0) is 0 Å². The summed E-state index contributed by atoms with van der Waals surface area (Å²) >= 11 is 0. The molecule has 0 atom stereocenters. The fraction of sp³-hybridized carbons (Fsp3) is 0.0833. The quantitative estimate of drug-likeness (QED) is 0.150. The molecule has 0 aliphatic heterocycles. The van der Waals surface area contributed by atoms with Gasteiger partial charge in [-0.3, -0.25) is 0 Å². The zero-order chi connectivity index (χ0) is 35.3. The van der Waals surface area contributed by atoms with E-state index in [1.165, 1.54) is 49.3 Å². The zero-order valence-electron chi connectivity index (χ0n) is 29.8. The van der Waals surface area contributed by atoms with Crippen LogP contribution in [0.25, 0.3) is 38.3 Å². The second kappa shape index (κ2) is 12.7. The van der Waals surface area contributed by atoms with Crippen molar-refractivity contribution >= 4 is 66.7 Å². The number of ether oxygens (including phenoxy) is 1. The molecule has 9 aromatic rings. The molecule has 0 bridgehead atoms. The molecule has 8 aromatic carbocycles. The Hall–Kier alpha value is -6.52. The van der Waals surface area contributed by atoms with Crippen LogP contribution >= 0.6 is 0 Å². The van der Waals surface area contributed by atoms with E-state index in [1.807, 2.05) is 12.1 Å². The Morgan fingerprint density at radius 1 is 0.404 bits per heavy atom. The largest absolute Gasteiger partial charge is 0.497 e. The van der Waals surface area contributed by atoms with Gasteiger partial charge in [0.05, 0.1) is 18.1 Å². The van der Waals surface area contributed by atoms with Crippen LogP contribution in [-0.4, -0.2) is 11.7 Å². The van der Waals surface area contributed by atoms with E-state index in [4.69, 9.17) is 4.74 Å². The highest BCUT2D eigenvalue weighted by Gasteiger charge is 2.23. The first-order valence-corrected chi connectivity index (χ1v) is 17.8. The fourth-order valence-corrected chi connectivity index (χ4v) is 7.56. The average Bonchev–Trinajstić information content (AvgIpc) is 3.51. The van der Waals surface area contributed by atoms with Gasteiger partial charge in [0.1, 0.15) is 5.75 Å². The summed E-state index contributed by atoms with van der Waals surface area (Å²) in [6.45, 7) is 6.41. The van der Waals surface area contributed by atoms with Gasteiger partial charge in [0.2, 0.25) is 0 Å². The van der Waals surface area contributed by atoms with Crippen LogP contribution in [0.3, 0.4) is 0 Å². The highest BCUT2D eigenvalue weighted by molar-refractivity contribution is 6.26. The van der Waals surface area contributed by atoms with Crippen molar-refractivity contribution in [3.8, 4) is 11.4 Å². The van der Waals surface area contributed by atoms with Gasteiger partial charge in [0.15, 0.2) is 0 Å². The maximum Gasteiger partial charge on any atom is 0.119 e. The van der Waals surface area contributed by atoms with E-state index in [0.717, 1.165) is 45.6 Å². The lowest BCUT2D eigenvalue weighted by Crippen LogP contribution is -2.10. The van der Waals surface area contributed by atoms with Crippen molar-refractivity contribution in [2.45, 2.75) is 20.8 Å². The molecule has 0 fully saturated rings. The molecule has 4 nitrogen and oxygen atoms in total. The maximum absolute atomic E-state index is 5.53. The third-order valence-electron chi connectivity index (χ3n) is 10.2. The minimum absolute atomic E-state index is 0.832. The summed E-state index contributed by atoms with van der Waals surface area (Å²) in [5, 5.41) is 4.95. The summed E-state index contributed by atoms with van der Waals surface area (Å²) < 4.78 is 7.98. The van der Waals surface area contributed by atoms with Gasteiger partial charge >= 0.3 is 0 Å². The van der Waals surface area contributed by atoms with Crippen molar-refractivity contribution < 1.29 is 4.74 Å². The maximum atomic E-state index is 5.53. The zero-order valence-corrected chi connectivity index (χ0v) is 29.8. The van der Waals surface area contributed by atoms with Crippen molar-refractivity contribution in [2.75, 3.05) is 16.9 Å². The second-order valence-electron chi connectivity index (χ2n) is 13.7. The molecular weight excluding hydrogens is 635 g/mol. The second-order valence-corrected chi connectivity index (χ2v) is 13.7. The topological polar surface area (TPSA) is 20.6 Å². The number of aromatic nitrogens is 1. The Labute approximate surface area is 304 Å². The SMILES string of the molecule is COc1ccc(N(c2ccc(C)cc2)c2cc3ccc4cc(N(c5ccc(C)cc5)c5ccc(C)cc5)cc5c4c3c(c2)n5-c2ccccc2)cc1. The minimum Gasteiger partial charge on any atom is -0.497 e. The van der Waals surface area contributed by atoms with Gasteiger partial charge < -0.3 is 19.1 Å². The normalized spacial score (nSPS) is 11.5. The van der Waals surface area contributed by atoms with E-state index in [2.05, 4.69) is 187 Å². The van der Waals surface area contributed by atoms with Gasteiger partial charge in [-0.1, -0.05) is 83.4 Å². The predicted molar refractivity (Wildman–Crippen MR) is 220 cm³/mol. The molecule has 52 heavy (non-hydrogen) atoms. The molecule has 0 unspecified atom stereocenters. The molecule has 0 aliphatic carbocycles. The summed E-state index contributed by atoms with van der Waals surface area (Å²) in [6, 6.07) is 59.5. The number of hydrogen-bond donors (Lipinski definition) is 0. The molecule has 0 saturated heterocycles. The van der Waals surface area contributed by atoms with Crippen LogP contribution < -0.4 is 14.5 Å². The van der Waals surface area contributed by atoms with Crippen LogP contribution in [0, 0.1) is 20.8 Å². The Balaban J connectivity index is 1.33. The van der Waals surface area contributed by atoms with Crippen LogP contribution in [0.1, 0.15) is 16.7 Å². The molecular formula is C48H39N3O. The third-order valence-corrected chi connectivity index (χ3v) is 10.2. The Bertz CT molecular complexity index is 2610. The average molecular weight is 674 g/mol. The summed E-state index contributed by atoms with van der Waals surface area (Å²) in [7, 11) is 1.71. The van der Waals surface area contributed by atoms with Crippen molar-refractivity contribution in [1.29, 1.82) is 0 Å². The van der Waals surface area contributed by atoms with Crippen LogP contribution in [0.4, 0.5) is 34.1 Å². The van der Waals surface area contributed by atoms with Crippen molar-refractivity contribution in [1.82, 2.24) is 4.57 Å². The first kappa shape index (κ1) is 31.5. The first-order chi connectivity index (χ1) is 25.4. The van der Waals surface area contributed by atoms with Gasteiger partial charge in [-0.15, -0.1) is 0 Å². The Morgan fingerprint density at radius 3 is 1.17 bits per heavy atom. The van der Waals surface area contributed by atoms with E-state index in [9.17, 15) is 0 Å². The summed E-state index contributed by atoms with van der Waals surface area (Å²) in [6.07, 6.45) is 0. The van der Waals surface area contributed by atoms with Crippen molar-refractivity contribution in [3.05, 3.63) is 180 Å². The highest BCUT2D eigenvalue weighted by Crippen LogP contribution is 2.46. The van der Waals surface area contributed by atoms with Gasteiger partial charge in [0.25, 0.3) is 0 Å². The number of anilines is 6. The van der Waals surface area contributed by atoms with Crippen LogP contribution in [0.5, 0.6) is 5.75 Å². The van der Waals surface area contributed by atoms with Gasteiger partial charge in [0, 0.05) is 50.6 Å². The molecule has 0 radical (unpaired) electrons. The number of aryl methyl sites for hydroxylation is 3.